The Morgan fingerprint density at radius 3 is 3.17 bits per heavy atom. The van der Waals surface area contributed by atoms with Crippen LogP contribution < -0.4 is 5.32 Å². The summed E-state index contributed by atoms with van der Waals surface area (Å²) in [6.45, 7) is 2.59. The second kappa shape index (κ2) is 4.47. The van der Waals surface area contributed by atoms with Gasteiger partial charge in [0.2, 0.25) is 0 Å². The molecule has 0 amide bonds. The summed E-state index contributed by atoms with van der Waals surface area (Å²) in [5, 5.41) is 10.8. The molecule has 0 saturated carbocycles. The molecule has 3 nitrogen and oxygen atoms in total. The number of hydrogen-bond acceptors (Lipinski definition) is 3. The van der Waals surface area contributed by atoms with Crippen molar-refractivity contribution < 1.29 is 0 Å². The summed E-state index contributed by atoms with van der Waals surface area (Å²) in [5.41, 5.74) is 0.902. The fourth-order valence-electron chi connectivity index (χ4n) is 0.744. The molecule has 0 aromatic carbocycles. The molecule has 1 heterocycles. The Morgan fingerprint density at radius 2 is 2.58 bits per heavy atom. The maximum Gasteiger partial charge on any atom is 0.0769 e. The van der Waals surface area contributed by atoms with Crippen molar-refractivity contribution in [2.45, 2.75) is 19.5 Å². The Labute approximate surface area is 72.2 Å². The fraction of sp³-hybridized carbons (Fsp3) is 0.333. The molecule has 3 heteroatoms. The number of hydrogen-bond donors (Lipinski definition) is 1. The maximum absolute atomic E-state index is 5.19. The van der Waals surface area contributed by atoms with Crippen LogP contribution in [0.5, 0.6) is 0 Å². The van der Waals surface area contributed by atoms with Crippen LogP contribution in [0.2, 0.25) is 0 Å². The fourth-order valence-corrected chi connectivity index (χ4v) is 0.744. The highest BCUT2D eigenvalue weighted by molar-refractivity contribution is 5.01. The molecule has 1 rings (SSSR count). The quantitative estimate of drug-likeness (QED) is 0.659. The van der Waals surface area contributed by atoms with Crippen molar-refractivity contribution >= 4 is 0 Å². The van der Waals surface area contributed by atoms with E-state index in [0.717, 1.165) is 5.69 Å². The molecular weight excluding hydrogens is 150 g/mol. The van der Waals surface area contributed by atoms with Gasteiger partial charge in [0.15, 0.2) is 0 Å². The summed E-state index contributed by atoms with van der Waals surface area (Å²) in [4.78, 5) is 0. The number of rotatable bonds is 3. The zero-order chi connectivity index (χ0) is 8.81. The van der Waals surface area contributed by atoms with Crippen LogP contribution in [0.15, 0.2) is 18.3 Å². The summed E-state index contributed by atoms with van der Waals surface area (Å²) in [5.74, 6) is 2.58. The normalized spacial score (nSPS) is 12.0. The number of nitrogens with one attached hydrogen (secondary N) is 1. The molecular formula is C9H11N3. The summed E-state index contributed by atoms with van der Waals surface area (Å²) in [7, 11) is 0. The van der Waals surface area contributed by atoms with Crippen LogP contribution in [0, 0.1) is 12.3 Å². The number of aromatic nitrogens is 2. The summed E-state index contributed by atoms with van der Waals surface area (Å²) >= 11 is 0. The predicted molar refractivity (Wildman–Crippen MR) is 47.2 cm³/mol. The van der Waals surface area contributed by atoms with Gasteiger partial charge in [-0.15, -0.1) is 6.42 Å². The molecule has 0 radical (unpaired) electrons. The van der Waals surface area contributed by atoms with Crippen molar-refractivity contribution in [2.75, 3.05) is 0 Å². The van der Waals surface area contributed by atoms with Crippen LogP contribution in [0.3, 0.4) is 0 Å². The Morgan fingerprint density at radius 1 is 1.75 bits per heavy atom. The molecule has 0 aliphatic heterocycles. The molecule has 0 aliphatic carbocycles. The van der Waals surface area contributed by atoms with Gasteiger partial charge in [-0.2, -0.15) is 10.2 Å². The van der Waals surface area contributed by atoms with E-state index < -0.39 is 0 Å². The van der Waals surface area contributed by atoms with Crippen LogP contribution in [0.25, 0.3) is 0 Å². The van der Waals surface area contributed by atoms with Crippen LogP contribution in [-0.2, 0) is 6.54 Å². The predicted octanol–water partition coefficient (Wildman–Crippen LogP) is 0.588. The second-order valence-corrected chi connectivity index (χ2v) is 2.48. The average Bonchev–Trinajstić information content (AvgIpc) is 2.16. The zero-order valence-corrected chi connectivity index (χ0v) is 6.99. The molecule has 62 valence electrons. The molecule has 0 saturated heterocycles. The Kier molecular flexibility index (Phi) is 3.24. The van der Waals surface area contributed by atoms with Gasteiger partial charge < -0.3 is 0 Å². The highest BCUT2D eigenvalue weighted by atomic mass is 15.1. The minimum atomic E-state index is 0.0759. The third-order valence-electron chi connectivity index (χ3n) is 1.47. The van der Waals surface area contributed by atoms with Gasteiger partial charge in [0, 0.05) is 12.7 Å². The molecule has 0 aliphatic rings. The van der Waals surface area contributed by atoms with Gasteiger partial charge in [0.05, 0.1) is 11.7 Å². The van der Waals surface area contributed by atoms with Crippen LogP contribution in [-0.4, -0.2) is 16.2 Å². The van der Waals surface area contributed by atoms with Crippen molar-refractivity contribution in [1.29, 1.82) is 0 Å². The van der Waals surface area contributed by atoms with E-state index in [-0.39, 0.29) is 6.04 Å². The number of terminal acetylenes is 1. The van der Waals surface area contributed by atoms with E-state index in [4.69, 9.17) is 6.42 Å². The van der Waals surface area contributed by atoms with Crippen molar-refractivity contribution in [3.8, 4) is 12.3 Å². The van der Waals surface area contributed by atoms with E-state index >= 15 is 0 Å². The van der Waals surface area contributed by atoms with Gasteiger partial charge in [-0.05, 0) is 19.1 Å². The van der Waals surface area contributed by atoms with Crippen LogP contribution in [0.1, 0.15) is 12.6 Å². The highest BCUT2D eigenvalue weighted by Gasteiger charge is 1.96. The lowest BCUT2D eigenvalue weighted by Gasteiger charge is -2.05. The average molecular weight is 161 g/mol. The van der Waals surface area contributed by atoms with E-state index in [2.05, 4.69) is 21.4 Å². The minimum Gasteiger partial charge on any atom is -0.298 e. The molecule has 0 fully saturated rings. The molecule has 1 aromatic heterocycles. The Bertz CT molecular complexity index is 263. The first-order valence-electron chi connectivity index (χ1n) is 3.79. The Balaban J connectivity index is 2.40. The largest absolute Gasteiger partial charge is 0.298 e. The summed E-state index contributed by atoms with van der Waals surface area (Å²) < 4.78 is 0. The van der Waals surface area contributed by atoms with Gasteiger partial charge in [-0.3, -0.25) is 5.32 Å². The first-order chi connectivity index (χ1) is 5.83. The molecule has 0 bridgehead atoms. The van der Waals surface area contributed by atoms with Gasteiger partial charge >= 0.3 is 0 Å². The van der Waals surface area contributed by atoms with Crippen molar-refractivity contribution in [3.05, 3.63) is 24.0 Å². The van der Waals surface area contributed by atoms with Crippen molar-refractivity contribution in [2.24, 2.45) is 0 Å². The smallest absolute Gasteiger partial charge is 0.0769 e. The molecule has 12 heavy (non-hydrogen) atoms. The van der Waals surface area contributed by atoms with E-state index in [9.17, 15) is 0 Å². The zero-order valence-electron chi connectivity index (χ0n) is 6.99. The summed E-state index contributed by atoms with van der Waals surface area (Å²) in [6, 6.07) is 3.83. The lowest BCUT2D eigenvalue weighted by Crippen LogP contribution is -2.24. The summed E-state index contributed by atoms with van der Waals surface area (Å²) in [6.07, 6.45) is 6.83. The van der Waals surface area contributed by atoms with Crippen molar-refractivity contribution in [1.82, 2.24) is 15.5 Å². The lowest BCUT2D eigenvalue weighted by atomic mass is 10.3. The van der Waals surface area contributed by atoms with E-state index in [1.807, 2.05) is 19.1 Å². The first-order valence-corrected chi connectivity index (χ1v) is 3.79. The topological polar surface area (TPSA) is 37.8 Å². The molecule has 1 atom stereocenters. The third-order valence-corrected chi connectivity index (χ3v) is 1.47. The molecule has 1 N–H and O–H groups in total. The van der Waals surface area contributed by atoms with E-state index in [0.29, 0.717) is 6.54 Å². The van der Waals surface area contributed by atoms with Crippen LogP contribution >= 0.6 is 0 Å². The van der Waals surface area contributed by atoms with Gasteiger partial charge in [-0.25, -0.2) is 0 Å². The lowest BCUT2D eigenvalue weighted by molar-refractivity contribution is 0.631. The van der Waals surface area contributed by atoms with Crippen molar-refractivity contribution in [3.63, 3.8) is 0 Å². The maximum atomic E-state index is 5.19. The van der Waals surface area contributed by atoms with Gasteiger partial charge in [0.25, 0.3) is 0 Å². The standard InChI is InChI=1S/C9H11N3/c1-3-8(2)10-7-9-5-4-6-11-12-9/h1,4-6,8,10H,7H2,2H3. The monoisotopic (exact) mass is 161 g/mol. The van der Waals surface area contributed by atoms with Crippen LogP contribution in [0.4, 0.5) is 0 Å². The van der Waals surface area contributed by atoms with E-state index in [1.165, 1.54) is 0 Å². The van der Waals surface area contributed by atoms with Gasteiger partial charge in [0.1, 0.15) is 0 Å². The minimum absolute atomic E-state index is 0.0759. The van der Waals surface area contributed by atoms with E-state index in [1.54, 1.807) is 6.20 Å². The number of nitrogens with zero attached hydrogens (tertiary/aromatic N) is 2. The first kappa shape index (κ1) is 8.69. The SMILES string of the molecule is C#CC(C)NCc1cccnn1. The third kappa shape index (κ3) is 2.69. The highest BCUT2D eigenvalue weighted by Crippen LogP contribution is 1.90. The molecule has 0 spiro atoms. The van der Waals surface area contributed by atoms with Gasteiger partial charge in [-0.1, -0.05) is 5.92 Å². The Hall–Kier alpha value is -1.40. The molecule has 1 unspecified atom stereocenters. The molecule has 1 aromatic rings. The second-order valence-electron chi connectivity index (χ2n) is 2.48.